The topological polar surface area (TPSA) is 30.9 Å². The van der Waals surface area contributed by atoms with Crippen molar-refractivity contribution >= 4 is 29.9 Å². The van der Waals surface area contributed by atoms with Gasteiger partial charge >= 0.3 is 0 Å². The van der Waals surface area contributed by atoms with Gasteiger partial charge in [-0.2, -0.15) is 0 Å². The number of hydrogen-bond donors (Lipinski definition) is 1. The van der Waals surface area contributed by atoms with E-state index in [-0.39, 0.29) is 24.0 Å². The molecule has 2 heterocycles. The molecule has 23 heavy (non-hydrogen) atoms. The van der Waals surface area contributed by atoms with Crippen LogP contribution in [0.5, 0.6) is 0 Å². The minimum atomic E-state index is 0. The predicted octanol–water partition coefficient (Wildman–Crippen LogP) is 3.18. The fraction of sp³-hybridized carbons (Fsp3) is 0.944. The highest BCUT2D eigenvalue weighted by molar-refractivity contribution is 14.0. The van der Waals surface area contributed by atoms with Crippen molar-refractivity contribution in [1.82, 2.24) is 15.1 Å². The molecule has 0 bridgehead atoms. The number of guanidine groups is 1. The van der Waals surface area contributed by atoms with E-state index in [1.54, 1.807) is 0 Å². The normalized spacial score (nSPS) is 27.7. The lowest BCUT2D eigenvalue weighted by atomic mass is 9.86. The van der Waals surface area contributed by atoms with Gasteiger partial charge < -0.3 is 15.1 Å². The first kappa shape index (κ1) is 19.3. The summed E-state index contributed by atoms with van der Waals surface area (Å²) in [6.07, 6.45) is 9.75. The second-order valence-corrected chi connectivity index (χ2v) is 7.76. The van der Waals surface area contributed by atoms with Crippen LogP contribution in [0.15, 0.2) is 4.99 Å². The summed E-state index contributed by atoms with van der Waals surface area (Å²) in [5.74, 6) is 1.95. The summed E-state index contributed by atoms with van der Waals surface area (Å²) in [5, 5.41) is 3.67. The van der Waals surface area contributed by atoms with Crippen LogP contribution in [0.25, 0.3) is 0 Å². The molecule has 1 spiro atoms. The molecule has 3 aliphatic rings. The summed E-state index contributed by atoms with van der Waals surface area (Å²) in [4.78, 5) is 9.69. The van der Waals surface area contributed by atoms with Gasteiger partial charge in [0.15, 0.2) is 5.96 Å². The highest BCUT2D eigenvalue weighted by Crippen LogP contribution is 2.45. The van der Waals surface area contributed by atoms with Crippen LogP contribution in [0.1, 0.15) is 51.9 Å². The van der Waals surface area contributed by atoms with Gasteiger partial charge in [-0.05, 0) is 56.5 Å². The van der Waals surface area contributed by atoms with Crippen LogP contribution in [-0.4, -0.2) is 62.1 Å². The molecule has 1 atom stereocenters. The van der Waals surface area contributed by atoms with Crippen molar-refractivity contribution in [2.24, 2.45) is 16.3 Å². The number of nitrogens with one attached hydrogen (secondary N) is 1. The van der Waals surface area contributed by atoms with Gasteiger partial charge in [0.25, 0.3) is 0 Å². The van der Waals surface area contributed by atoms with Crippen LogP contribution in [0, 0.1) is 11.3 Å². The Balaban J connectivity index is 0.00000192. The molecular formula is C18H35IN4. The molecular weight excluding hydrogens is 399 g/mol. The van der Waals surface area contributed by atoms with Gasteiger partial charge in [0, 0.05) is 33.2 Å². The summed E-state index contributed by atoms with van der Waals surface area (Å²) >= 11 is 0. The van der Waals surface area contributed by atoms with Gasteiger partial charge in [0.05, 0.1) is 0 Å². The summed E-state index contributed by atoms with van der Waals surface area (Å²) in [6, 6.07) is 0. The SMILES string of the molecule is CCCN1CCC(CNC(=NC)N2CCC3(CCCC3)C2)C1.I. The van der Waals surface area contributed by atoms with Crippen molar-refractivity contribution in [3.8, 4) is 0 Å². The van der Waals surface area contributed by atoms with Gasteiger partial charge in [-0.15, -0.1) is 24.0 Å². The Morgan fingerprint density at radius 1 is 1.22 bits per heavy atom. The maximum atomic E-state index is 4.56. The Bertz CT molecular complexity index is 392. The summed E-state index contributed by atoms with van der Waals surface area (Å²) < 4.78 is 0. The van der Waals surface area contributed by atoms with Crippen molar-refractivity contribution in [1.29, 1.82) is 0 Å². The molecule has 0 radical (unpaired) electrons. The first-order valence-electron chi connectivity index (χ1n) is 9.43. The van der Waals surface area contributed by atoms with E-state index in [9.17, 15) is 0 Å². The van der Waals surface area contributed by atoms with E-state index < -0.39 is 0 Å². The monoisotopic (exact) mass is 434 g/mol. The van der Waals surface area contributed by atoms with Crippen LogP contribution in [0.4, 0.5) is 0 Å². The Morgan fingerprint density at radius 3 is 2.70 bits per heavy atom. The van der Waals surface area contributed by atoms with Crippen molar-refractivity contribution in [3.63, 3.8) is 0 Å². The van der Waals surface area contributed by atoms with Gasteiger partial charge in [0.2, 0.25) is 0 Å². The molecule has 4 nitrogen and oxygen atoms in total. The van der Waals surface area contributed by atoms with E-state index in [2.05, 4.69) is 27.0 Å². The highest BCUT2D eigenvalue weighted by atomic mass is 127. The van der Waals surface area contributed by atoms with Crippen molar-refractivity contribution in [3.05, 3.63) is 0 Å². The molecule has 2 aliphatic heterocycles. The largest absolute Gasteiger partial charge is 0.356 e. The van der Waals surface area contributed by atoms with E-state index in [0.717, 1.165) is 18.4 Å². The number of hydrogen-bond acceptors (Lipinski definition) is 2. The van der Waals surface area contributed by atoms with E-state index in [1.807, 2.05) is 7.05 Å². The molecule has 3 rings (SSSR count). The summed E-state index contributed by atoms with van der Waals surface area (Å²) in [7, 11) is 1.94. The molecule has 5 heteroatoms. The predicted molar refractivity (Wildman–Crippen MR) is 109 cm³/mol. The maximum absolute atomic E-state index is 4.56. The van der Waals surface area contributed by atoms with E-state index in [1.165, 1.54) is 77.7 Å². The maximum Gasteiger partial charge on any atom is 0.193 e. The van der Waals surface area contributed by atoms with Crippen LogP contribution in [0.2, 0.25) is 0 Å². The molecule has 0 aromatic carbocycles. The molecule has 0 amide bonds. The van der Waals surface area contributed by atoms with Crippen molar-refractivity contribution < 1.29 is 0 Å². The molecule has 0 aromatic rings. The number of rotatable bonds is 4. The number of likely N-dealkylation sites (tertiary alicyclic amines) is 2. The number of nitrogens with zero attached hydrogens (tertiary/aromatic N) is 3. The lowest BCUT2D eigenvalue weighted by Gasteiger charge is -2.26. The Morgan fingerprint density at radius 2 is 2.00 bits per heavy atom. The van der Waals surface area contributed by atoms with Gasteiger partial charge in [0.1, 0.15) is 0 Å². The molecule has 1 N–H and O–H groups in total. The zero-order valence-electron chi connectivity index (χ0n) is 15.0. The second kappa shape index (κ2) is 8.88. The summed E-state index contributed by atoms with van der Waals surface area (Å²) in [5.41, 5.74) is 0.628. The second-order valence-electron chi connectivity index (χ2n) is 7.76. The third kappa shape index (κ3) is 4.74. The van der Waals surface area contributed by atoms with Crippen LogP contribution in [0.3, 0.4) is 0 Å². The minimum Gasteiger partial charge on any atom is -0.356 e. The van der Waals surface area contributed by atoms with E-state index in [4.69, 9.17) is 0 Å². The number of halogens is 1. The first-order chi connectivity index (χ1) is 10.7. The fourth-order valence-electron chi connectivity index (χ4n) is 4.82. The van der Waals surface area contributed by atoms with Gasteiger partial charge in [-0.3, -0.25) is 4.99 Å². The van der Waals surface area contributed by atoms with Gasteiger partial charge in [-0.25, -0.2) is 0 Å². The summed E-state index contributed by atoms with van der Waals surface area (Å²) in [6.45, 7) is 9.62. The zero-order chi connectivity index (χ0) is 15.4. The Labute approximate surface area is 159 Å². The average molecular weight is 434 g/mol. The lowest BCUT2D eigenvalue weighted by molar-refractivity contribution is 0.307. The minimum absolute atomic E-state index is 0. The van der Waals surface area contributed by atoms with Crippen molar-refractivity contribution in [2.45, 2.75) is 51.9 Å². The molecule has 2 saturated heterocycles. The van der Waals surface area contributed by atoms with Crippen LogP contribution < -0.4 is 5.32 Å². The molecule has 1 saturated carbocycles. The number of aliphatic imine (C=N–C) groups is 1. The smallest absolute Gasteiger partial charge is 0.193 e. The average Bonchev–Trinajstić information content (AvgIpc) is 3.24. The molecule has 0 aromatic heterocycles. The van der Waals surface area contributed by atoms with Gasteiger partial charge in [-0.1, -0.05) is 19.8 Å². The van der Waals surface area contributed by atoms with Crippen LogP contribution >= 0.6 is 24.0 Å². The zero-order valence-corrected chi connectivity index (χ0v) is 17.3. The van der Waals surface area contributed by atoms with Crippen molar-refractivity contribution in [2.75, 3.05) is 46.3 Å². The Hall–Kier alpha value is -0.0400. The molecule has 1 aliphatic carbocycles. The van der Waals surface area contributed by atoms with Crippen LogP contribution in [-0.2, 0) is 0 Å². The quantitative estimate of drug-likeness (QED) is 0.419. The van der Waals surface area contributed by atoms with E-state index >= 15 is 0 Å². The van der Waals surface area contributed by atoms with E-state index in [0.29, 0.717) is 5.41 Å². The lowest BCUT2D eigenvalue weighted by Crippen LogP contribution is -2.43. The fourth-order valence-corrected chi connectivity index (χ4v) is 4.82. The highest BCUT2D eigenvalue weighted by Gasteiger charge is 2.41. The molecule has 1 unspecified atom stereocenters. The third-order valence-electron chi connectivity index (χ3n) is 6.07. The third-order valence-corrected chi connectivity index (χ3v) is 6.07. The molecule has 134 valence electrons. The molecule has 3 fully saturated rings. The Kier molecular flexibility index (Phi) is 7.45. The standard InChI is InChI=1S/C18H34N4.HI/c1-3-10-21-11-6-16(14-21)13-20-17(19-2)22-12-9-18(15-22)7-4-5-8-18;/h16H,3-15H2,1-2H3,(H,19,20);1H. The first-order valence-corrected chi connectivity index (χ1v) is 9.43.